The molecule has 2 heterocycles. The Morgan fingerprint density at radius 2 is 2.15 bits per heavy atom. The van der Waals surface area contributed by atoms with Crippen LogP contribution >= 0.6 is 0 Å². The second-order valence-corrected chi connectivity index (χ2v) is 4.27. The van der Waals surface area contributed by atoms with Crippen LogP contribution in [0, 0.1) is 0 Å². The van der Waals surface area contributed by atoms with Gasteiger partial charge in [-0.25, -0.2) is 14.6 Å². The summed E-state index contributed by atoms with van der Waals surface area (Å²) in [5.41, 5.74) is 1.91. The number of aromatic hydroxyl groups is 1. The smallest absolute Gasteiger partial charge is 0.155 e. The van der Waals surface area contributed by atoms with E-state index in [-0.39, 0.29) is 5.75 Å². The molecule has 0 spiro atoms. The molecule has 6 heteroatoms. The average Bonchev–Trinajstić information content (AvgIpc) is 3.00. The number of phenols is 1. The summed E-state index contributed by atoms with van der Waals surface area (Å²) >= 11 is 0. The second-order valence-electron chi connectivity index (χ2n) is 4.27. The Morgan fingerprint density at radius 3 is 2.85 bits per heavy atom. The molecule has 0 atom stereocenters. The van der Waals surface area contributed by atoms with E-state index in [1.165, 1.54) is 6.33 Å². The van der Waals surface area contributed by atoms with Crippen molar-refractivity contribution in [2.45, 2.75) is 6.54 Å². The first kappa shape index (κ1) is 12.2. The molecule has 3 rings (SSSR count). The van der Waals surface area contributed by atoms with Gasteiger partial charge in [-0.3, -0.25) is 0 Å². The Balaban J connectivity index is 1.67. The highest BCUT2D eigenvalue weighted by molar-refractivity contribution is 5.44. The van der Waals surface area contributed by atoms with E-state index in [9.17, 15) is 5.11 Å². The van der Waals surface area contributed by atoms with Gasteiger partial charge >= 0.3 is 0 Å². The van der Waals surface area contributed by atoms with E-state index in [0.29, 0.717) is 12.4 Å². The van der Waals surface area contributed by atoms with Crippen LogP contribution in [0.15, 0.2) is 55.2 Å². The van der Waals surface area contributed by atoms with E-state index >= 15 is 0 Å². The van der Waals surface area contributed by atoms with Gasteiger partial charge in [-0.05, 0) is 29.8 Å². The van der Waals surface area contributed by atoms with Gasteiger partial charge in [0.25, 0.3) is 0 Å². The summed E-state index contributed by atoms with van der Waals surface area (Å²) in [6, 6.07) is 10.9. The lowest BCUT2D eigenvalue weighted by Gasteiger charge is -2.07. The molecule has 0 aliphatic heterocycles. The van der Waals surface area contributed by atoms with Gasteiger partial charge in [-0.1, -0.05) is 12.1 Å². The summed E-state index contributed by atoms with van der Waals surface area (Å²) in [6.07, 6.45) is 4.80. The standard InChI is InChI=1S/C14H13N5O/c20-13-3-1-2-11(6-13)7-16-12-4-5-14(17-8-12)19-10-15-9-18-19/h1-6,8-10,16,20H,7H2. The van der Waals surface area contributed by atoms with Crippen LogP contribution in [-0.2, 0) is 6.54 Å². The van der Waals surface area contributed by atoms with Gasteiger partial charge in [0.2, 0.25) is 0 Å². The number of rotatable bonds is 4. The molecule has 3 aromatic rings. The number of nitrogens with zero attached hydrogens (tertiary/aromatic N) is 4. The van der Waals surface area contributed by atoms with Crippen molar-refractivity contribution in [3.63, 3.8) is 0 Å². The van der Waals surface area contributed by atoms with E-state index < -0.39 is 0 Å². The van der Waals surface area contributed by atoms with E-state index in [4.69, 9.17) is 0 Å². The highest BCUT2D eigenvalue weighted by Gasteiger charge is 1.99. The number of aromatic nitrogens is 4. The molecule has 0 aliphatic carbocycles. The molecule has 2 N–H and O–H groups in total. The Hall–Kier alpha value is -2.89. The SMILES string of the molecule is Oc1cccc(CNc2ccc(-n3cncn3)nc2)c1. The molecular formula is C14H13N5O. The molecule has 100 valence electrons. The topological polar surface area (TPSA) is 75.9 Å². The zero-order chi connectivity index (χ0) is 13.8. The summed E-state index contributed by atoms with van der Waals surface area (Å²) < 4.78 is 1.60. The number of hydrogen-bond acceptors (Lipinski definition) is 5. The van der Waals surface area contributed by atoms with E-state index in [1.807, 2.05) is 24.3 Å². The minimum absolute atomic E-state index is 0.268. The molecule has 0 fully saturated rings. The van der Waals surface area contributed by atoms with Gasteiger partial charge in [0, 0.05) is 6.54 Å². The molecule has 1 aromatic carbocycles. The number of benzene rings is 1. The van der Waals surface area contributed by atoms with Crippen molar-refractivity contribution in [3.05, 3.63) is 60.8 Å². The zero-order valence-corrected chi connectivity index (χ0v) is 10.6. The Kier molecular flexibility index (Phi) is 3.28. The maximum Gasteiger partial charge on any atom is 0.155 e. The molecule has 0 aliphatic rings. The Labute approximate surface area is 115 Å². The molecule has 0 unspecified atom stereocenters. The maximum atomic E-state index is 9.40. The number of phenolic OH excluding ortho intramolecular Hbond substituents is 1. The van der Waals surface area contributed by atoms with Crippen molar-refractivity contribution >= 4 is 5.69 Å². The van der Waals surface area contributed by atoms with Crippen molar-refractivity contribution < 1.29 is 5.11 Å². The van der Waals surface area contributed by atoms with Crippen LogP contribution in [0.2, 0.25) is 0 Å². The van der Waals surface area contributed by atoms with Crippen molar-refractivity contribution in [1.82, 2.24) is 19.7 Å². The summed E-state index contributed by atoms with van der Waals surface area (Å²) in [5, 5.41) is 16.7. The number of nitrogens with one attached hydrogen (secondary N) is 1. The van der Waals surface area contributed by atoms with Crippen LogP contribution in [0.5, 0.6) is 5.75 Å². The van der Waals surface area contributed by atoms with Crippen molar-refractivity contribution in [1.29, 1.82) is 0 Å². The van der Waals surface area contributed by atoms with Crippen LogP contribution in [0.1, 0.15) is 5.56 Å². The third-order valence-corrected chi connectivity index (χ3v) is 2.81. The molecule has 0 radical (unpaired) electrons. The summed E-state index contributed by atoms with van der Waals surface area (Å²) in [5.74, 6) is 0.981. The number of anilines is 1. The second kappa shape index (κ2) is 5.40. The Bertz CT molecular complexity index is 679. The first-order valence-corrected chi connectivity index (χ1v) is 6.14. The van der Waals surface area contributed by atoms with Crippen LogP contribution in [0.3, 0.4) is 0 Å². The number of hydrogen-bond donors (Lipinski definition) is 2. The molecule has 0 bridgehead atoms. The predicted octanol–water partition coefficient (Wildman–Crippen LogP) is 1.98. The monoisotopic (exact) mass is 267 g/mol. The van der Waals surface area contributed by atoms with Gasteiger partial charge in [0.15, 0.2) is 5.82 Å². The molecule has 0 amide bonds. The van der Waals surface area contributed by atoms with E-state index in [2.05, 4.69) is 20.4 Å². The minimum Gasteiger partial charge on any atom is -0.508 e. The molecule has 2 aromatic heterocycles. The normalized spacial score (nSPS) is 10.4. The molecular weight excluding hydrogens is 254 g/mol. The summed E-state index contributed by atoms with van der Waals surface area (Å²) in [4.78, 5) is 8.18. The van der Waals surface area contributed by atoms with Gasteiger partial charge in [-0.15, -0.1) is 0 Å². The summed E-state index contributed by atoms with van der Waals surface area (Å²) in [6.45, 7) is 0.624. The average molecular weight is 267 g/mol. The summed E-state index contributed by atoms with van der Waals surface area (Å²) in [7, 11) is 0. The molecule has 20 heavy (non-hydrogen) atoms. The highest BCUT2D eigenvalue weighted by Crippen LogP contribution is 2.14. The van der Waals surface area contributed by atoms with Crippen LogP contribution in [0.25, 0.3) is 5.82 Å². The first-order chi connectivity index (χ1) is 9.81. The van der Waals surface area contributed by atoms with Crippen molar-refractivity contribution in [3.8, 4) is 11.6 Å². The van der Waals surface area contributed by atoms with Crippen LogP contribution in [-0.4, -0.2) is 24.9 Å². The van der Waals surface area contributed by atoms with Gasteiger partial charge < -0.3 is 10.4 Å². The largest absolute Gasteiger partial charge is 0.508 e. The third-order valence-electron chi connectivity index (χ3n) is 2.81. The van der Waals surface area contributed by atoms with Gasteiger partial charge in [0.1, 0.15) is 18.4 Å². The van der Waals surface area contributed by atoms with Gasteiger partial charge in [0.05, 0.1) is 11.9 Å². The first-order valence-electron chi connectivity index (χ1n) is 6.14. The third kappa shape index (κ3) is 2.74. The predicted molar refractivity (Wildman–Crippen MR) is 74.6 cm³/mol. The maximum absolute atomic E-state index is 9.40. The van der Waals surface area contributed by atoms with E-state index in [1.54, 1.807) is 29.3 Å². The van der Waals surface area contributed by atoms with E-state index in [0.717, 1.165) is 11.3 Å². The number of pyridine rings is 1. The quantitative estimate of drug-likeness (QED) is 0.756. The lowest BCUT2D eigenvalue weighted by Crippen LogP contribution is -2.02. The fourth-order valence-corrected chi connectivity index (χ4v) is 1.82. The zero-order valence-electron chi connectivity index (χ0n) is 10.6. The van der Waals surface area contributed by atoms with Crippen LogP contribution in [0.4, 0.5) is 5.69 Å². The molecule has 0 saturated heterocycles. The molecule has 6 nitrogen and oxygen atoms in total. The van der Waals surface area contributed by atoms with Crippen LogP contribution < -0.4 is 5.32 Å². The van der Waals surface area contributed by atoms with Crippen molar-refractivity contribution in [2.24, 2.45) is 0 Å². The van der Waals surface area contributed by atoms with Crippen molar-refractivity contribution in [2.75, 3.05) is 5.32 Å². The van der Waals surface area contributed by atoms with Gasteiger partial charge in [-0.2, -0.15) is 5.10 Å². The molecule has 0 saturated carbocycles. The Morgan fingerprint density at radius 1 is 1.20 bits per heavy atom. The lowest BCUT2D eigenvalue weighted by atomic mass is 10.2. The minimum atomic E-state index is 0.268. The highest BCUT2D eigenvalue weighted by atomic mass is 16.3. The fourth-order valence-electron chi connectivity index (χ4n) is 1.82. The fraction of sp³-hybridized carbons (Fsp3) is 0.0714. The lowest BCUT2D eigenvalue weighted by molar-refractivity contribution is 0.474.